The molecule has 5 heteroatoms. The van der Waals surface area contributed by atoms with Crippen molar-refractivity contribution in [3.05, 3.63) is 78.0 Å². The molecule has 0 saturated carbocycles. The Morgan fingerprint density at radius 1 is 1.04 bits per heavy atom. The van der Waals surface area contributed by atoms with E-state index in [-0.39, 0.29) is 5.69 Å². The smallest absolute Gasteiger partial charge is 0.232 e. The van der Waals surface area contributed by atoms with Crippen LogP contribution < -0.4 is 10.1 Å². The molecule has 3 aromatic carbocycles. The number of methoxy groups -OCH3 is 1. The van der Waals surface area contributed by atoms with E-state index < -0.39 is 0 Å². The molecule has 0 aliphatic carbocycles. The summed E-state index contributed by atoms with van der Waals surface area (Å²) >= 11 is 0. The second kappa shape index (κ2) is 7.85. The van der Waals surface area contributed by atoms with Crippen LogP contribution in [0.2, 0.25) is 0 Å². The molecule has 1 heterocycles. The second-order valence-corrected chi connectivity index (χ2v) is 6.36. The molecule has 0 bridgehead atoms. The Morgan fingerprint density at radius 2 is 1.82 bits per heavy atom. The van der Waals surface area contributed by atoms with Crippen molar-refractivity contribution in [1.29, 1.82) is 5.26 Å². The van der Waals surface area contributed by atoms with Crippen molar-refractivity contribution in [1.82, 2.24) is 4.98 Å². The minimum absolute atomic E-state index is 0.262. The Kier molecular flexibility index (Phi) is 4.94. The summed E-state index contributed by atoms with van der Waals surface area (Å²) in [6.07, 6.45) is 0.791. The number of anilines is 1. The number of hydrogen-bond acceptors (Lipinski definition) is 5. The molecule has 0 fully saturated rings. The highest BCUT2D eigenvalue weighted by Gasteiger charge is 2.16. The fraction of sp³-hybridized carbons (Fsp3) is 0.130. The predicted octanol–water partition coefficient (Wildman–Crippen LogP) is 5.03. The van der Waals surface area contributed by atoms with Crippen LogP contribution in [-0.4, -0.2) is 18.6 Å². The van der Waals surface area contributed by atoms with E-state index in [9.17, 15) is 5.26 Å². The van der Waals surface area contributed by atoms with Crippen molar-refractivity contribution < 1.29 is 9.15 Å². The number of ether oxygens (including phenoxy) is 1. The lowest BCUT2D eigenvalue weighted by Gasteiger charge is -2.05. The molecule has 1 N–H and O–H groups in total. The Hall–Kier alpha value is -3.78. The topological polar surface area (TPSA) is 71.1 Å². The first-order chi connectivity index (χ1) is 13.8. The third kappa shape index (κ3) is 3.53. The molecule has 0 unspecified atom stereocenters. The van der Waals surface area contributed by atoms with Gasteiger partial charge in [-0.2, -0.15) is 10.2 Å². The quantitative estimate of drug-likeness (QED) is 0.516. The number of nitrogens with one attached hydrogen (secondary N) is 1. The minimum atomic E-state index is 0.262. The first-order valence-corrected chi connectivity index (χ1v) is 9.04. The molecule has 28 heavy (non-hydrogen) atoms. The summed E-state index contributed by atoms with van der Waals surface area (Å²) in [5, 5.41) is 14.8. The molecule has 4 aromatic rings. The summed E-state index contributed by atoms with van der Waals surface area (Å²) in [4.78, 5) is 4.39. The van der Waals surface area contributed by atoms with Crippen LogP contribution in [0.25, 0.3) is 22.2 Å². The van der Waals surface area contributed by atoms with Crippen molar-refractivity contribution in [2.45, 2.75) is 6.42 Å². The van der Waals surface area contributed by atoms with Gasteiger partial charge >= 0.3 is 0 Å². The standard InChI is InChI=1S/C23H19N3O2/c1-27-18-11-9-16(10-12-18)13-14-25-23-21(15-24)26-22(28-23)20-8-4-6-17-5-2-3-7-19(17)20/h2-12,25H,13-14H2,1H3. The summed E-state index contributed by atoms with van der Waals surface area (Å²) < 4.78 is 11.1. The van der Waals surface area contributed by atoms with Crippen molar-refractivity contribution in [2.75, 3.05) is 19.0 Å². The lowest BCUT2D eigenvalue weighted by atomic mass is 10.0. The van der Waals surface area contributed by atoms with Crippen molar-refractivity contribution in [3.8, 4) is 23.3 Å². The largest absolute Gasteiger partial charge is 0.497 e. The van der Waals surface area contributed by atoms with Gasteiger partial charge in [0.05, 0.1) is 7.11 Å². The van der Waals surface area contributed by atoms with E-state index in [2.05, 4.69) is 16.4 Å². The number of benzene rings is 3. The average molecular weight is 369 g/mol. The monoisotopic (exact) mass is 369 g/mol. The molecule has 5 nitrogen and oxygen atoms in total. The molecule has 0 aliphatic heterocycles. The van der Waals surface area contributed by atoms with Crippen LogP contribution in [0.4, 0.5) is 5.88 Å². The maximum Gasteiger partial charge on any atom is 0.232 e. The van der Waals surface area contributed by atoms with Crippen molar-refractivity contribution in [2.24, 2.45) is 0 Å². The highest BCUT2D eigenvalue weighted by Crippen LogP contribution is 2.31. The SMILES string of the molecule is COc1ccc(CCNc2oc(-c3cccc4ccccc34)nc2C#N)cc1. The van der Waals surface area contributed by atoms with Crippen molar-refractivity contribution >= 4 is 16.7 Å². The number of aromatic nitrogens is 1. The Morgan fingerprint density at radius 3 is 2.61 bits per heavy atom. The van der Waals surface area contributed by atoms with Gasteiger partial charge in [0.1, 0.15) is 11.8 Å². The predicted molar refractivity (Wildman–Crippen MR) is 109 cm³/mol. The summed E-state index contributed by atoms with van der Waals surface area (Å²) in [6.45, 7) is 0.630. The average Bonchev–Trinajstić information content (AvgIpc) is 3.17. The molecule has 138 valence electrons. The van der Waals surface area contributed by atoms with E-state index in [0.717, 1.165) is 28.5 Å². The zero-order valence-corrected chi connectivity index (χ0v) is 15.5. The van der Waals surface area contributed by atoms with Gasteiger partial charge in [-0.05, 0) is 41.0 Å². The summed E-state index contributed by atoms with van der Waals surface area (Å²) in [6, 6.07) is 24.0. The first-order valence-electron chi connectivity index (χ1n) is 9.04. The van der Waals surface area contributed by atoms with E-state index in [0.29, 0.717) is 18.3 Å². The minimum Gasteiger partial charge on any atom is -0.497 e. The van der Waals surface area contributed by atoms with Gasteiger partial charge in [-0.25, -0.2) is 0 Å². The molecule has 0 spiro atoms. The number of hydrogen-bond donors (Lipinski definition) is 1. The Balaban J connectivity index is 1.54. The molecule has 1 aromatic heterocycles. The van der Waals surface area contributed by atoms with Gasteiger partial charge in [0.15, 0.2) is 0 Å². The number of fused-ring (bicyclic) bond motifs is 1. The van der Waals surface area contributed by atoms with E-state index in [1.54, 1.807) is 7.11 Å². The summed E-state index contributed by atoms with van der Waals surface area (Å²) in [5.74, 6) is 1.68. The van der Waals surface area contributed by atoms with Gasteiger partial charge < -0.3 is 14.5 Å². The maximum atomic E-state index is 9.44. The summed E-state index contributed by atoms with van der Waals surface area (Å²) in [5.41, 5.74) is 2.30. The fourth-order valence-corrected chi connectivity index (χ4v) is 3.16. The van der Waals surface area contributed by atoms with Crippen LogP contribution in [0, 0.1) is 11.3 Å². The molecular weight excluding hydrogens is 350 g/mol. The number of oxazole rings is 1. The Labute approximate surface area is 163 Å². The highest BCUT2D eigenvalue weighted by molar-refractivity contribution is 5.94. The number of nitrogens with zero attached hydrogens (tertiary/aromatic N) is 2. The number of nitriles is 1. The molecule has 0 amide bonds. The van der Waals surface area contributed by atoms with E-state index in [1.165, 1.54) is 5.56 Å². The molecule has 0 atom stereocenters. The van der Waals surface area contributed by atoms with Crippen molar-refractivity contribution in [3.63, 3.8) is 0 Å². The molecule has 4 rings (SSSR count). The van der Waals surface area contributed by atoms with Crippen LogP contribution >= 0.6 is 0 Å². The molecular formula is C23H19N3O2. The van der Waals surface area contributed by atoms with E-state index in [1.807, 2.05) is 66.7 Å². The molecule has 0 radical (unpaired) electrons. The second-order valence-electron chi connectivity index (χ2n) is 6.36. The summed E-state index contributed by atoms with van der Waals surface area (Å²) in [7, 11) is 1.65. The fourth-order valence-electron chi connectivity index (χ4n) is 3.16. The van der Waals surface area contributed by atoms with Gasteiger partial charge in [0, 0.05) is 12.1 Å². The van der Waals surface area contributed by atoms with Gasteiger partial charge in [0.25, 0.3) is 0 Å². The lowest BCUT2D eigenvalue weighted by Crippen LogP contribution is -2.05. The zero-order chi connectivity index (χ0) is 19.3. The molecule has 0 saturated heterocycles. The van der Waals surface area contributed by atoms with Gasteiger partial charge in [-0.15, -0.1) is 0 Å². The van der Waals surface area contributed by atoms with Gasteiger partial charge in [0.2, 0.25) is 17.5 Å². The number of rotatable bonds is 6. The van der Waals surface area contributed by atoms with Gasteiger partial charge in [-0.1, -0.05) is 48.5 Å². The third-order valence-electron chi connectivity index (χ3n) is 4.61. The lowest BCUT2D eigenvalue weighted by molar-refractivity contribution is 0.414. The third-order valence-corrected chi connectivity index (χ3v) is 4.61. The highest BCUT2D eigenvalue weighted by atomic mass is 16.5. The van der Waals surface area contributed by atoms with Crippen LogP contribution in [0.5, 0.6) is 5.75 Å². The van der Waals surface area contributed by atoms with Crippen LogP contribution in [0.1, 0.15) is 11.3 Å². The zero-order valence-electron chi connectivity index (χ0n) is 15.5. The van der Waals surface area contributed by atoms with E-state index >= 15 is 0 Å². The maximum absolute atomic E-state index is 9.44. The van der Waals surface area contributed by atoms with E-state index in [4.69, 9.17) is 9.15 Å². The first kappa shape index (κ1) is 17.6. The van der Waals surface area contributed by atoms with Gasteiger partial charge in [-0.3, -0.25) is 0 Å². The van der Waals surface area contributed by atoms with Crippen LogP contribution in [-0.2, 0) is 6.42 Å². The molecule has 0 aliphatic rings. The van der Waals surface area contributed by atoms with Crippen LogP contribution in [0.15, 0.2) is 71.1 Å². The van der Waals surface area contributed by atoms with Crippen LogP contribution in [0.3, 0.4) is 0 Å². The normalized spacial score (nSPS) is 10.6. The Bertz CT molecular complexity index is 1140.